The Morgan fingerprint density at radius 3 is 2.35 bits per heavy atom. The molecule has 0 aromatic carbocycles. The third-order valence-corrected chi connectivity index (χ3v) is 4.02. The van der Waals surface area contributed by atoms with E-state index in [0.717, 1.165) is 5.75 Å². The van der Waals surface area contributed by atoms with Crippen LogP contribution in [-0.2, 0) is 14.3 Å². The maximum absolute atomic E-state index is 12.1. The SMILES string of the molecule is NCCSCCCC(O)C(=O)[C@@H](OCC(=O)O)[C@@H](O)[C@H](O)CO. The van der Waals surface area contributed by atoms with Crippen LogP contribution in [-0.4, -0.2) is 93.0 Å². The number of rotatable bonds is 14. The Morgan fingerprint density at radius 2 is 1.83 bits per heavy atom. The number of thioether (sulfide) groups is 1. The Kier molecular flexibility index (Phi) is 12.2. The van der Waals surface area contributed by atoms with Crippen LogP contribution >= 0.6 is 11.8 Å². The molecular formula is C13H25NO8S. The number of hydrogen-bond donors (Lipinski definition) is 6. The summed E-state index contributed by atoms with van der Waals surface area (Å²) in [5.41, 5.74) is 5.33. The Hall–Kier alpha value is -0.750. The summed E-state index contributed by atoms with van der Waals surface area (Å²) in [6.45, 7) is -1.19. The number of Topliss-reactive ketones (excluding diaryl/α,β-unsaturated/α-hetero) is 1. The van der Waals surface area contributed by atoms with Crippen LogP contribution in [0.3, 0.4) is 0 Å². The topological polar surface area (TPSA) is 171 Å². The lowest BCUT2D eigenvalue weighted by Crippen LogP contribution is -2.49. The summed E-state index contributed by atoms with van der Waals surface area (Å²) in [6, 6.07) is 0. The summed E-state index contributed by atoms with van der Waals surface area (Å²) in [6.07, 6.45) is -6.11. The van der Waals surface area contributed by atoms with Gasteiger partial charge in [-0.05, 0) is 18.6 Å². The second kappa shape index (κ2) is 12.6. The Balaban J connectivity index is 4.60. The van der Waals surface area contributed by atoms with Gasteiger partial charge in [-0.1, -0.05) is 0 Å². The van der Waals surface area contributed by atoms with E-state index in [1.54, 1.807) is 11.8 Å². The molecule has 0 aromatic heterocycles. The van der Waals surface area contributed by atoms with Gasteiger partial charge in [-0.25, -0.2) is 4.79 Å². The second-order valence-electron chi connectivity index (χ2n) is 4.83. The molecule has 0 spiro atoms. The number of nitrogens with two attached hydrogens (primary N) is 1. The minimum absolute atomic E-state index is 0.102. The molecule has 136 valence electrons. The molecule has 1 unspecified atom stereocenters. The molecule has 0 saturated carbocycles. The third kappa shape index (κ3) is 9.20. The summed E-state index contributed by atoms with van der Waals surface area (Å²) in [4.78, 5) is 22.6. The van der Waals surface area contributed by atoms with Gasteiger partial charge in [0.25, 0.3) is 0 Å². The average Bonchev–Trinajstić information content (AvgIpc) is 2.52. The van der Waals surface area contributed by atoms with Crippen molar-refractivity contribution in [3.63, 3.8) is 0 Å². The molecule has 10 heteroatoms. The number of ether oxygens (including phenoxy) is 1. The number of aliphatic hydroxyl groups is 4. The van der Waals surface area contributed by atoms with Crippen molar-refractivity contribution in [2.75, 3.05) is 31.3 Å². The number of carbonyl (C=O) groups excluding carboxylic acids is 1. The molecule has 0 amide bonds. The number of hydrogen-bond acceptors (Lipinski definition) is 9. The van der Waals surface area contributed by atoms with Crippen molar-refractivity contribution in [3.8, 4) is 0 Å². The molecule has 0 radical (unpaired) electrons. The smallest absolute Gasteiger partial charge is 0.329 e. The van der Waals surface area contributed by atoms with Gasteiger partial charge in [0.2, 0.25) is 0 Å². The van der Waals surface area contributed by atoms with Gasteiger partial charge in [-0.15, -0.1) is 0 Å². The van der Waals surface area contributed by atoms with Crippen LogP contribution in [0.15, 0.2) is 0 Å². The number of carbonyl (C=O) groups is 2. The predicted molar refractivity (Wildman–Crippen MR) is 83.1 cm³/mol. The lowest BCUT2D eigenvalue weighted by Gasteiger charge is -2.26. The first-order chi connectivity index (χ1) is 10.8. The first-order valence-corrected chi connectivity index (χ1v) is 8.30. The van der Waals surface area contributed by atoms with Gasteiger partial charge in [-0.2, -0.15) is 11.8 Å². The number of carboxylic acids is 1. The maximum atomic E-state index is 12.1. The lowest BCUT2D eigenvalue weighted by atomic mass is 9.98. The zero-order chi connectivity index (χ0) is 17.8. The summed E-state index contributed by atoms with van der Waals surface area (Å²) >= 11 is 1.57. The molecule has 9 nitrogen and oxygen atoms in total. The number of ketones is 1. The fraction of sp³-hybridized carbons (Fsp3) is 0.846. The van der Waals surface area contributed by atoms with Crippen LogP contribution < -0.4 is 5.73 Å². The van der Waals surface area contributed by atoms with E-state index in [4.69, 9.17) is 20.7 Å². The minimum atomic E-state index is -1.84. The highest BCUT2D eigenvalue weighted by Gasteiger charge is 2.36. The van der Waals surface area contributed by atoms with Gasteiger partial charge in [-0.3, -0.25) is 4.79 Å². The number of aliphatic carboxylic acids is 1. The fourth-order valence-corrected chi connectivity index (χ4v) is 2.46. The largest absolute Gasteiger partial charge is 0.480 e. The Morgan fingerprint density at radius 1 is 1.17 bits per heavy atom. The van der Waals surface area contributed by atoms with Crippen molar-refractivity contribution in [2.45, 2.75) is 37.3 Å². The summed E-state index contributed by atoms with van der Waals surface area (Å²) in [5.74, 6) is -0.865. The van der Waals surface area contributed by atoms with Crippen LogP contribution in [0.4, 0.5) is 0 Å². The number of carboxylic acid groups (broad SMARTS) is 1. The standard InChI is InChI=1S/C13H25NO8S/c14-3-5-23-4-1-2-8(16)11(20)13(22-7-10(18)19)12(21)9(17)6-15/h8-9,12-13,15-17,21H,1-7,14H2,(H,18,19)/t8?,9-,12+,13-/m1/s1. The van der Waals surface area contributed by atoms with Gasteiger partial charge >= 0.3 is 5.97 Å². The van der Waals surface area contributed by atoms with Gasteiger partial charge in [0.15, 0.2) is 5.78 Å². The highest BCUT2D eigenvalue weighted by Crippen LogP contribution is 2.13. The number of aliphatic hydroxyl groups excluding tert-OH is 4. The van der Waals surface area contributed by atoms with Gasteiger partial charge < -0.3 is 36.0 Å². The van der Waals surface area contributed by atoms with Crippen molar-refractivity contribution < 1.29 is 39.9 Å². The third-order valence-electron chi connectivity index (χ3n) is 2.92. The van der Waals surface area contributed by atoms with E-state index in [-0.39, 0.29) is 6.42 Å². The van der Waals surface area contributed by atoms with Crippen molar-refractivity contribution >= 4 is 23.5 Å². The molecular weight excluding hydrogens is 330 g/mol. The summed E-state index contributed by atoms with van der Waals surface area (Å²) < 4.78 is 4.76. The highest BCUT2D eigenvalue weighted by atomic mass is 32.2. The van der Waals surface area contributed by atoms with Crippen molar-refractivity contribution in [2.24, 2.45) is 5.73 Å². The van der Waals surface area contributed by atoms with E-state index in [1.807, 2.05) is 0 Å². The zero-order valence-corrected chi connectivity index (χ0v) is 13.5. The molecule has 0 saturated heterocycles. The normalized spacial score (nSPS) is 16.6. The first-order valence-electron chi connectivity index (χ1n) is 7.15. The molecule has 0 aliphatic carbocycles. The fourth-order valence-electron chi connectivity index (χ4n) is 1.72. The molecule has 0 aliphatic rings. The maximum Gasteiger partial charge on any atom is 0.329 e. The van der Waals surface area contributed by atoms with Crippen LogP contribution in [0.2, 0.25) is 0 Å². The molecule has 0 fully saturated rings. The quantitative estimate of drug-likeness (QED) is 0.184. The molecule has 0 heterocycles. The summed E-state index contributed by atoms with van der Waals surface area (Å²) in [7, 11) is 0. The first kappa shape index (κ1) is 22.2. The molecule has 0 rings (SSSR count). The van der Waals surface area contributed by atoms with Crippen LogP contribution in [0.25, 0.3) is 0 Å². The van der Waals surface area contributed by atoms with Crippen LogP contribution in [0.1, 0.15) is 12.8 Å². The lowest BCUT2D eigenvalue weighted by molar-refractivity contribution is -0.163. The molecule has 0 bridgehead atoms. The molecule has 4 atom stereocenters. The zero-order valence-electron chi connectivity index (χ0n) is 12.7. The monoisotopic (exact) mass is 355 g/mol. The van der Waals surface area contributed by atoms with E-state index in [2.05, 4.69) is 0 Å². The van der Waals surface area contributed by atoms with Gasteiger partial charge in [0, 0.05) is 12.3 Å². The minimum Gasteiger partial charge on any atom is -0.480 e. The molecule has 0 aliphatic heterocycles. The van der Waals surface area contributed by atoms with E-state index in [9.17, 15) is 24.9 Å². The average molecular weight is 355 g/mol. The Labute approximate surface area is 138 Å². The Bertz CT molecular complexity index is 357. The van der Waals surface area contributed by atoms with Gasteiger partial charge in [0.1, 0.15) is 31.0 Å². The molecule has 0 aromatic rings. The predicted octanol–water partition coefficient (Wildman–Crippen LogP) is -2.43. The highest BCUT2D eigenvalue weighted by molar-refractivity contribution is 7.99. The van der Waals surface area contributed by atoms with E-state index < -0.39 is 49.4 Å². The van der Waals surface area contributed by atoms with E-state index in [1.165, 1.54) is 0 Å². The van der Waals surface area contributed by atoms with Gasteiger partial charge in [0.05, 0.1) is 6.61 Å². The van der Waals surface area contributed by atoms with Crippen LogP contribution in [0, 0.1) is 0 Å². The van der Waals surface area contributed by atoms with Crippen molar-refractivity contribution in [3.05, 3.63) is 0 Å². The molecule has 7 N–H and O–H groups in total. The van der Waals surface area contributed by atoms with E-state index in [0.29, 0.717) is 18.7 Å². The molecule has 23 heavy (non-hydrogen) atoms. The summed E-state index contributed by atoms with van der Waals surface area (Å²) in [5, 5.41) is 46.4. The van der Waals surface area contributed by atoms with Crippen molar-refractivity contribution in [1.29, 1.82) is 0 Å². The van der Waals surface area contributed by atoms with Crippen LogP contribution in [0.5, 0.6) is 0 Å². The second-order valence-corrected chi connectivity index (χ2v) is 6.05. The van der Waals surface area contributed by atoms with Crippen molar-refractivity contribution in [1.82, 2.24) is 0 Å². The van der Waals surface area contributed by atoms with E-state index >= 15 is 0 Å².